The van der Waals surface area contributed by atoms with Gasteiger partial charge in [-0.25, -0.2) is 0 Å². The van der Waals surface area contributed by atoms with Gasteiger partial charge in [-0.1, -0.05) is 30.3 Å². The molecule has 0 fully saturated rings. The van der Waals surface area contributed by atoms with Crippen molar-refractivity contribution < 1.29 is 22.7 Å². The molecule has 0 saturated carbocycles. The molecule has 1 aromatic heterocycles. The zero-order valence-electron chi connectivity index (χ0n) is 13.8. The topological polar surface area (TPSA) is 67.0 Å². The minimum Gasteiger partial charge on any atom is -0.491 e. The van der Waals surface area contributed by atoms with E-state index in [2.05, 4.69) is 15.5 Å². The Kier molecular flexibility index (Phi) is 4.83. The fourth-order valence-electron chi connectivity index (χ4n) is 2.51. The van der Waals surface area contributed by atoms with E-state index in [1.807, 2.05) is 6.07 Å². The van der Waals surface area contributed by atoms with Crippen LogP contribution in [0.4, 0.5) is 13.2 Å². The number of carbonyl (C=O) groups is 1. The Morgan fingerprint density at radius 3 is 2.65 bits per heavy atom. The summed E-state index contributed by atoms with van der Waals surface area (Å²) in [6.45, 7) is 1.53. The maximum absolute atomic E-state index is 13.0. The second kappa shape index (κ2) is 7.07. The van der Waals surface area contributed by atoms with E-state index in [-0.39, 0.29) is 18.1 Å². The number of aromatic amines is 1. The molecule has 136 valence electrons. The quantitative estimate of drug-likeness (QED) is 0.725. The fraction of sp³-hybridized carbons (Fsp3) is 0.222. The van der Waals surface area contributed by atoms with E-state index in [4.69, 9.17) is 4.74 Å². The average Bonchev–Trinajstić information content (AvgIpc) is 3.03. The van der Waals surface area contributed by atoms with Gasteiger partial charge < -0.3 is 10.1 Å². The van der Waals surface area contributed by atoms with Gasteiger partial charge in [-0.15, -0.1) is 0 Å². The number of nitrogens with zero attached hydrogens (tertiary/aromatic N) is 1. The summed E-state index contributed by atoms with van der Waals surface area (Å²) in [5.74, 6) is -0.700. The smallest absolute Gasteiger partial charge is 0.419 e. The molecule has 0 saturated heterocycles. The Morgan fingerprint density at radius 1 is 1.19 bits per heavy atom. The van der Waals surface area contributed by atoms with E-state index in [9.17, 15) is 18.0 Å². The standard InChI is InChI=1S/C18H16F3N3O2/c1-11(10-26-15-9-5-3-7-13(15)18(19,20)21)22-17(25)16-12-6-2-4-8-14(12)23-24-16/h2-9,11H,10H2,1H3,(H,22,25)(H,23,24)/t11-/m1/s1. The first-order chi connectivity index (χ1) is 12.4. The first kappa shape index (κ1) is 17.8. The molecule has 1 heterocycles. The molecule has 0 bridgehead atoms. The van der Waals surface area contributed by atoms with Gasteiger partial charge in [0.15, 0.2) is 5.69 Å². The number of hydrogen-bond donors (Lipinski definition) is 2. The zero-order chi connectivity index (χ0) is 18.7. The number of nitrogens with one attached hydrogen (secondary N) is 2. The molecule has 0 radical (unpaired) electrons. The predicted molar refractivity (Wildman–Crippen MR) is 90.0 cm³/mol. The summed E-state index contributed by atoms with van der Waals surface area (Å²) in [6.07, 6.45) is -4.50. The van der Waals surface area contributed by atoms with Crippen LogP contribution in [-0.4, -0.2) is 28.8 Å². The van der Waals surface area contributed by atoms with Crippen LogP contribution in [0.5, 0.6) is 5.75 Å². The van der Waals surface area contributed by atoms with Gasteiger partial charge in [-0.05, 0) is 25.1 Å². The molecule has 3 rings (SSSR count). The summed E-state index contributed by atoms with van der Waals surface area (Å²) in [5.41, 5.74) is 0.0978. The van der Waals surface area contributed by atoms with Crippen molar-refractivity contribution in [3.05, 3.63) is 59.8 Å². The number of rotatable bonds is 5. The normalized spacial score (nSPS) is 12.8. The summed E-state index contributed by atoms with van der Waals surface area (Å²) < 4.78 is 44.1. The van der Waals surface area contributed by atoms with Gasteiger partial charge in [0, 0.05) is 5.39 Å². The van der Waals surface area contributed by atoms with E-state index in [1.165, 1.54) is 18.2 Å². The zero-order valence-corrected chi connectivity index (χ0v) is 13.8. The number of H-pyrrole nitrogens is 1. The fourth-order valence-corrected chi connectivity index (χ4v) is 2.51. The lowest BCUT2D eigenvalue weighted by Gasteiger charge is -2.17. The van der Waals surface area contributed by atoms with Gasteiger partial charge in [0.2, 0.25) is 0 Å². The highest BCUT2D eigenvalue weighted by molar-refractivity contribution is 6.04. The van der Waals surface area contributed by atoms with Gasteiger partial charge in [-0.3, -0.25) is 9.89 Å². The number of amides is 1. The Labute approximate surface area is 147 Å². The van der Waals surface area contributed by atoms with Crippen LogP contribution in [0.25, 0.3) is 10.9 Å². The van der Waals surface area contributed by atoms with Gasteiger partial charge in [-0.2, -0.15) is 18.3 Å². The van der Waals surface area contributed by atoms with Crippen molar-refractivity contribution in [1.82, 2.24) is 15.5 Å². The lowest BCUT2D eigenvalue weighted by atomic mass is 10.2. The Hall–Kier alpha value is -3.03. The van der Waals surface area contributed by atoms with Crippen LogP contribution < -0.4 is 10.1 Å². The minimum atomic E-state index is -4.50. The molecule has 1 amide bonds. The number of benzene rings is 2. The van der Waals surface area contributed by atoms with Crippen molar-refractivity contribution in [1.29, 1.82) is 0 Å². The number of carbonyl (C=O) groups excluding carboxylic acids is 1. The number of alkyl halides is 3. The Bertz CT molecular complexity index is 921. The van der Waals surface area contributed by atoms with Crippen LogP contribution in [0, 0.1) is 0 Å². The molecule has 0 unspecified atom stereocenters. The first-order valence-electron chi connectivity index (χ1n) is 7.89. The lowest BCUT2D eigenvalue weighted by molar-refractivity contribution is -0.139. The third kappa shape index (κ3) is 3.79. The molecular formula is C18H16F3N3O2. The number of fused-ring (bicyclic) bond motifs is 1. The SMILES string of the molecule is C[C@H](COc1ccccc1C(F)(F)F)NC(=O)c1n[nH]c2ccccc12. The predicted octanol–water partition coefficient (Wildman–Crippen LogP) is 3.78. The molecule has 0 aliphatic carbocycles. The minimum absolute atomic E-state index is 0.110. The van der Waals surface area contributed by atoms with Crippen LogP contribution in [0.1, 0.15) is 23.0 Å². The first-order valence-corrected chi connectivity index (χ1v) is 7.89. The second-order valence-electron chi connectivity index (χ2n) is 5.80. The lowest BCUT2D eigenvalue weighted by Crippen LogP contribution is -2.37. The van der Waals surface area contributed by atoms with Crippen molar-refractivity contribution in [2.24, 2.45) is 0 Å². The van der Waals surface area contributed by atoms with E-state index in [0.717, 1.165) is 11.6 Å². The number of aromatic nitrogens is 2. The van der Waals surface area contributed by atoms with E-state index in [0.29, 0.717) is 5.39 Å². The molecular weight excluding hydrogens is 347 g/mol. The van der Waals surface area contributed by atoms with Gasteiger partial charge in [0.1, 0.15) is 12.4 Å². The van der Waals surface area contributed by atoms with E-state index >= 15 is 0 Å². The highest BCUT2D eigenvalue weighted by Gasteiger charge is 2.34. The van der Waals surface area contributed by atoms with Crippen molar-refractivity contribution in [3.8, 4) is 5.75 Å². The maximum atomic E-state index is 13.0. The number of halogens is 3. The molecule has 8 heteroatoms. The molecule has 2 aromatic carbocycles. The largest absolute Gasteiger partial charge is 0.491 e. The van der Waals surface area contributed by atoms with Crippen molar-refractivity contribution in [3.63, 3.8) is 0 Å². The third-order valence-electron chi connectivity index (χ3n) is 3.74. The van der Waals surface area contributed by atoms with Crippen molar-refractivity contribution in [2.45, 2.75) is 19.1 Å². The summed E-state index contributed by atoms with van der Waals surface area (Å²) in [4.78, 5) is 12.3. The number of ether oxygens (including phenoxy) is 1. The molecule has 0 aliphatic heterocycles. The van der Waals surface area contributed by atoms with Crippen LogP contribution >= 0.6 is 0 Å². The summed E-state index contributed by atoms with van der Waals surface area (Å²) in [6, 6.07) is 11.6. The van der Waals surface area contributed by atoms with Crippen LogP contribution in [0.2, 0.25) is 0 Å². The summed E-state index contributed by atoms with van der Waals surface area (Å²) in [5, 5.41) is 10.1. The van der Waals surface area contributed by atoms with Crippen molar-refractivity contribution in [2.75, 3.05) is 6.61 Å². The molecule has 1 atom stereocenters. The number of hydrogen-bond acceptors (Lipinski definition) is 3. The highest BCUT2D eigenvalue weighted by Crippen LogP contribution is 2.35. The molecule has 2 N–H and O–H groups in total. The van der Waals surface area contributed by atoms with Crippen LogP contribution in [0.15, 0.2) is 48.5 Å². The Morgan fingerprint density at radius 2 is 1.88 bits per heavy atom. The second-order valence-corrected chi connectivity index (χ2v) is 5.80. The van der Waals surface area contributed by atoms with E-state index < -0.39 is 23.7 Å². The summed E-state index contributed by atoms with van der Waals surface area (Å²) >= 11 is 0. The monoisotopic (exact) mass is 363 g/mol. The molecule has 5 nitrogen and oxygen atoms in total. The van der Waals surface area contributed by atoms with Crippen LogP contribution in [0.3, 0.4) is 0 Å². The van der Waals surface area contributed by atoms with Gasteiger partial charge in [0.25, 0.3) is 5.91 Å². The van der Waals surface area contributed by atoms with Crippen LogP contribution in [-0.2, 0) is 6.18 Å². The average molecular weight is 363 g/mol. The highest BCUT2D eigenvalue weighted by atomic mass is 19.4. The molecule has 0 aliphatic rings. The molecule has 0 spiro atoms. The third-order valence-corrected chi connectivity index (χ3v) is 3.74. The molecule has 26 heavy (non-hydrogen) atoms. The van der Waals surface area contributed by atoms with Crippen molar-refractivity contribution >= 4 is 16.8 Å². The van der Waals surface area contributed by atoms with Gasteiger partial charge >= 0.3 is 6.18 Å². The Balaban J connectivity index is 1.65. The molecule has 3 aromatic rings. The van der Waals surface area contributed by atoms with E-state index in [1.54, 1.807) is 25.1 Å². The maximum Gasteiger partial charge on any atom is 0.419 e. The summed E-state index contributed by atoms with van der Waals surface area (Å²) in [7, 11) is 0. The number of para-hydroxylation sites is 2. The van der Waals surface area contributed by atoms with Gasteiger partial charge in [0.05, 0.1) is 17.1 Å².